The van der Waals surface area contributed by atoms with Crippen LogP contribution in [0.25, 0.3) is 16.7 Å². The molecular weight excluding hydrogens is 311 g/mol. The molecule has 0 unspecified atom stereocenters. The fourth-order valence-electron chi connectivity index (χ4n) is 2.34. The highest BCUT2D eigenvalue weighted by molar-refractivity contribution is 6.42. The maximum Gasteiger partial charge on any atom is 0.337 e. The zero-order chi connectivity index (χ0) is 15.1. The summed E-state index contributed by atoms with van der Waals surface area (Å²) >= 11 is 12.0. The number of halogens is 2. The first-order valence-corrected chi connectivity index (χ1v) is 6.91. The number of nitrogens with zero attached hydrogens (tertiary/aromatic N) is 2. The zero-order valence-electron chi connectivity index (χ0n) is 11.0. The third-order valence-electron chi connectivity index (χ3n) is 3.24. The number of aromatic nitrogens is 2. The SMILES string of the molecule is Cc1nc2c(C(=O)O)cccc2n1-c1ccc(Cl)c(Cl)c1. The normalized spacial score (nSPS) is 11.0. The van der Waals surface area contributed by atoms with Gasteiger partial charge in [-0.1, -0.05) is 29.3 Å². The minimum absolute atomic E-state index is 0.175. The first kappa shape index (κ1) is 13.9. The topological polar surface area (TPSA) is 55.1 Å². The van der Waals surface area contributed by atoms with E-state index in [9.17, 15) is 9.90 Å². The van der Waals surface area contributed by atoms with Crippen LogP contribution in [0.15, 0.2) is 36.4 Å². The van der Waals surface area contributed by atoms with Crippen molar-refractivity contribution < 1.29 is 9.90 Å². The summed E-state index contributed by atoms with van der Waals surface area (Å²) in [5, 5.41) is 10.1. The number of para-hydroxylation sites is 1. The zero-order valence-corrected chi connectivity index (χ0v) is 12.5. The Balaban J connectivity index is 2.32. The molecule has 21 heavy (non-hydrogen) atoms. The van der Waals surface area contributed by atoms with E-state index in [1.807, 2.05) is 23.6 Å². The second-order valence-corrected chi connectivity index (χ2v) is 5.39. The number of aryl methyl sites for hydroxylation is 1. The van der Waals surface area contributed by atoms with Crippen LogP contribution in [0.2, 0.25) is 10.0 Å². The molecule has 0 atom stereocenters. The van der Waals surface area contributed by atoms with Gasteiger partial charge in [-0.25, -0.2) is 9.78 Å². The van der Waals surface area contributed by atoms with Crippen LogP contribution in [0.4, 0.5) is 0 Å². The van der Waals surface area contributed by atoms with Gasteiger partial charge in [0.25, 0.3) is 0 Å². The molecule has 0 fully saturated rings. The van der Waals surface area contributed by atoms with E-state index in [1.54, 1.807) is 18.2 Å². The summed E-state index contributed by atoms with van der Waals surface area (Å²) in [5.41, 5.74) is 2.13. The van der Waals surface area contributed by atoms with Crippen molar-refractivity contribution in [1.29, 1.82) is 0 Å². The molecule has 106 valence electrons. The summed E-state index contributed by atoms with van der Waals surface area (Å²) in [6, 6.07) is 10.3. The van der Waals surface area contributed by atoms with Gasteiger partial charge in [-0.15, -0.1) is 0 Å². The predicted molar refractivity (Wildman–Crippen MR) is 82.8 cm³/mol. The van der Waals surface area contributed by atoms with Gasteiger partial charge in [-0.05, 0) is 37.3 Å². The first-order chi connectivity index (χ1) is 9.99. The van der Waals surface area contributed by atoms with Crippen LogP contribution < -0.4 is 0 Å². The molecule has 0 saturated heterocycles. The fraction of sp³-hybridized carbons (Fsp3) is 0.0667. The Morgan fingerprint density at radius 3 is 2.62 bits per heavy atom. The molecule has 4 nitrogen and oxygen atoms in total. The van der Waals surface area contributed by atoms with E-state index in [-0.39, 0.29) is 5.56 Å². The Morgan fingerprint density at radius 2 is 1.95 bits per heavy atom. The van der Waals surface area contributed by atoms with Gasteiger partial charge in [-0.2, -0.15) is 0 Å². The molecule has 0 spiro atoms. The molecule has 0 amide bonds. The first-order valence-electron chi connectivity index (χ1n) is 6.16. The van der Waals surface area contributed by atoms with Crippen LogP contribution in [-0.4, -0.2) is 20.6 Å². The van der Waals surface area contributed by atoms with Crippen molar-refractivity contribution in [3.63, 3.8) is 0 Å². The van der Waals surface area contributed by atoms with Gasteiger partial charge in [0.2, 0.25) is 0 Å². The van der Waals surface area contributed by atoms with Crippen LogP contribution >= 0.6 is 23.2 Å². The highest BCUT2D eigenvalue weighted by atomic mass is 35.5. The highest BCUT2D eigenvalue weighted by Gasteiger charge is 2.16. The third-order valence-corrected chi connectivity index (χ3v) is 3.98. The molecule has 0 aliphatic rings. The number of hydrogen-bond donors (Lipinski definition) is 1. The summed E-state index contributed by atoms with van der Waals surface area (Å²) in [7, 11) is 0. The molecular formula is C15H10Cl2N2O2. The van der Waals surface area contributed by atoms with Crippen LogP contribution in [0.1, 0.15) is 16.2 Å². The molecule has 0 aliphatic carbocycles. The lowest BCUT2D eigenvalue weighted by atomic mass is 10.2. The quantitative estimate of drug-likeness (QED) is 0.764. The van der Waals surface area contributed by atoms with Crippen molar-refractivity contribution in [1.82, 2.24) is 9.55 Å². The van der Waals surface area contributed by atoms with E-state index in [0.717, 1.165) is 5.69 Å². The van der Waals surface area contributed by atoms with E-state index in [0.29, 0.717) is 26.9 Å². The predicted octanol–water partition coefficient (Wildman–Crippen LogP) is 4.34. The lowest BCUT2D eigenvalue weighted by Gasteiger charge is -2.08. The molecule has 3 aromatic rings. The Labute approximate surface area is 130 Å². The Bertz CT molecular complexity index is 871. The maximum absolute atomic E-state index is 11.3. The Kier molecular flexibility index (Phi) is 3.35. The van der Waals surface area contributed by atoms with Gasteiger partial charge in [0.15, 0.2) is 0 Å². The molecule has 3 rings (SSSR count). The van der Waals surface area contributed by atoms with Crippen molar-refractivity contribution in [2.45, 2.75) is 6.92 Å². The van der Waals surface area contributed by atoms with E-state index < -0.39 is 5.97 Å². The number of carboxylic acid groups (broad SMARTS) is 1. The minimum Gasteiger partial charge on any atom is -0.478 e. The monoisotopic (exact) mass is 320 g/mol. The van der Waals surface area contributed by atoms with Crippen LogP contribution in [-0.2, 0) is 0 Å². The minimum atomic E-state index is -1.00. The molecule has 0 bridgehead atoms. The van der Waals surface area contributed by atoms with Gasteiger partial charge in [0, 0.05) is 5.69 Å². The van der Waals surface area contributed by atoms with E-state index in [2.05, 4.69) is 4.98 Å². The lowest BCUT2D eigenvalue weighted by molar-refractivity contribution is 0.0699. The summed E-state index contributed by atoms with van der Waals surface area (Å²) in [5.74, 6) is -0.323. The molecule has 0 aliphatic heterocycles. The summed E-state index contributed by atoms with van der Waals surface area (Å²) in [4.78, 5) is 15.7. The second kappa shape index (κ2) is 5.06. The largest absolute Gasteiger partial charge is 0.478 e. The number of aromatic carboxylic acids is 1. The van der Waals surface area contributed by atoms with Crippen molar-refractivity contribution >= 4 is 40.2 Å². The van der Waals surface area contributed by atoms with Crippen molar-refractivity contribution in [3.8, 4) is 5.69 Å². The number of rotatable bonds is 2. The second-order valence-electron chi connectivity index (χ2n) is 4.57. The average molecular weight is 321 g/mol. The summed E-state index contributed by atoms with van der Waals surface area (Å²) in [6.45, 7) is 1.81. The van der Waals surface area contributed by atoms with Gasteiger partial charge in [0.1, 0.15) is 11.3 Å². The molecule has 1 N–H and O–H groups in total. The smallest absolute Gasteiger partial charge is 0.337 e. The van der Waals surface area contributed by atoms with Gasteiger partial charge < -0.3 is 5.11 Å². The van der Waals surface area contributed by atoms with E-state index >= 15 is 0 Å². The van der Waals surface area contributed by atoms with Gasteiger partial charge in [-0.3, -0.25) is 4.57 Å². The number of imidazole rings is 1. The molecule has 1 heterocycles. The highest BCUT2D eigenvalue weighted by Crippen LogP contribution is 2.28. The number of benzene rings is 2. The van der Waals surface area contributed by atoms with Crippen LogP contribution in [0, 0.1) is 6.92 Å². The molecule has 2 aromatic carbocycles. The number of fused-ring (bicyclic) bond motifs is 1. The Morgan fingerprint density at radius 1 is 1.19 bits per heavy atom. The van der Waals surface area contributed by atoms with Crippen molar-refractivity contribution in [2.24, 2.45) is 0 Å². The lowest BCUT2D eigenvalue weighted by Crippen LogP contribution is -1.98. The van der Waals surface area contributed by atoms with E-state index in [1.165, 1.54) is 6.07 Å². The third kappa shape index (κ3) is 2.26. The van der Waals surface area contributed by atoms with Crippen molar-refractivity contribution in [2.75, 3.05) is 0 Å². The summed E-state index contributed by atoms with van der Waals surface area (Å²) in [6.07, 6.45) is 0. The van der Waals surface area contributed by atoms with Gasteiger partial charge in [0.05, 0.1) is 21.1 Å². The standard InChI is InChI=1S/C15H10Cl2N2O2/c1-8-18-14-10(15(20)21)3-2-4-13(14)19(8)9-5-6-11(16)12(17)7-9/h2-7H,1H3,(H,20,21). The van der Waals surface area contributed by atoms with Gasteiger partial charge >= 0.3 is 5.97 Å². The average Bonchev–Trinajstić information content (AvgIpc) is 2.77. The van der Waals surface area contributed by atoms with Crippen LogP contribution in [0.3, 0.4) is 0 Å². The number of hydrogen-bond acceptors (Lipinski definition) is 2. The molecule has 0 radical (unpaired) electrons. The van der Waals surface area contributed by atoms with E-state index in [4.69, 9.17) is 23.2 Å². The maximum atomic E-state index is 11.3. The molecule has 1 aromatic heterocycles. The fourth-order valence-corrected chi connectivity index (χ4v) is 2.63. The van der Waals surface area contributed by atoms with Crippen LogP contribution in [0.5, 0.6) is 0 Å². The molecule has 0 saturated carbocycles. The molecule has 6 heteroatoms. The van der Waals surface area contributed by atoms with Crippen molar-refractivity contribution in [3.05, 3.63) is 57.8 Å². The summed E-state index contributed by atoms with van der Waals surface area (Å²) < 4.78 is 1.85. The Hall–Kier alpha value is -2.04. The number of carboxylic acids is 1. The number of carbonyl (C=O) groups is 1.